The van der Waals surface area contributed by atoms with E-state index in [0.717, 1.165) is 49.2 Å². The summed E-state index contributed by atoms with van der Waals surface area (Å²) in [5, 5.41) is 4.36. The van der Waals surface area contributed by atoms with Gasteiger partial charge in [-0.3, -0.25) is 0 Å². The van der Waals surface area contributed by atoms with Gasteiger partial charge in [-0.2, -0.15) is 0 Å². The van der Waals surface area contributed by atoms with E-state index in [0.29, 0.717) is 5.39 Å². The molecular weight excluding hydrogens is 342 g/mol. The second-order valence-electron chi connectivity index (χ2n) is 7.29. The third kappa shape index (κ3) is 1.66. The number of hydrogen-bond acceptors (Lipinski definition) is 0. The minimum atomic E-state index is -0.292. The SMILES string of the molecule is Cc1ccc2c3c(F)cccc3n3c4cc(F)cc5cc[n+](C)c(c1c23)c54. The lowest BCUT2D eigenvalue weighted by Gasteiger charge is -2.12. The van der Waals surface area contributed by atoms with Crippen molar-refractivity contribution in [2.75, 3.05) is 0 Å². The first kappa shape index (κ1) is 14.9. The summed E-state index contributed by atoms with van der Waals surface area (Å²) >= 11 is 0. The molecule has 0 amide bonds. The van der Waals surface area contributed by atoms with Crippen LogP contribution in [-0.2, 0) is 7.05 Å². The molecule has 0 unspecified atom stereocenters. The van der Waals surface area contributed by atoms with Crippen LogP contribution in [0.1, 0.15) is 5.56 Å². The molecule has 0 bridgehead atoms. The summed E-state index contributed by atoms with van der Waals surface area (Å²) in [5.41, 5.74) is 4.63. The Hall–Kier alpha value is -3.27. The van der Waals surface area contributed by atoms with E-state index in [9.17, 15) is 8.78 Å². The van der Waals surface area contributed by atoms with Gasteiger partial charge in [0.15, 0.2) is 6.20 Å². The van der Waals surface area contributed by atoms with E-state index in [-0.39, 0.29) is 11.6 Å². The van der Waals surface area contributed by atoms with E-state index in [2.05, 4.69) is 11.5 Å². The molecule has 6 rings (SSSR count). The summed E-state index contributed by atoms with van der Waals surface area (Å²) in [6.45, 7) is 2.07. The molecule has 3 aromatic heterocycles. The molecule has 2 nitrogen and oxygen atoms in total. The molecule has 0 saturated carbocycles. The Morgan fingerprint density at radius 1 is 0.889 bits per heavy atom. The number of rotatable bonds is 0. The lowest BCUT2D eigenvalue weighted by Crippen LogP contribution is -2.28. The molecule has 0 fully saturated rings. The van der Waals surface area contributed by atoms with Crippen LogP contribution in [0, 0.1) is 18.6 Å². The molecule has 0 aliphatic carbocycles. The fourth-order valence-corrected chi connectivity index (χ4v) is 4.68. The van der Waals surface area contributed by atoms with Crippen LogP contribution in [0.5, 0.6) is 0 Å². The Balaban J connectivity index is 2.17. The lowest BCUT2D eigenvalue weighted by molar-refractivity contribution is -0.643. The van der Waals surface area contributed by atoms with E-state index in [1.54, 1.807) is 18.2 Å². The summed E-state index contributed by atoms with van der Waals surface area (Å²) in [7, 11) is 2.00. The number of aryl methyl sites for hydroxylation is 2. The van der Waals surface area contributed by atoms with Gasteiger partial charge >= 0.3 is 0 Å². The van der Waals surface area contributed by atoms with Crippen LogP contribution in [0.3, 0.4) is 0 Å². The molecule has 6 aromatic rings. The summed E-state index contributed by atoms with van der Waals surface area (Å²) in [6, 6.07) is 14.2. The Labute approximate surface area is 153 Å². The highest BCUT2D eigenvalue weighted by molar-refractivity contribution is 6.25. The van der Waals surface area contributed by atoms with E-state index >= 15 is 0 Å². The minimum absolute atomic E-state index is 0.256. The second kappa shape index (κ2) is 4.71. The average molecular weight is 357 g/mol. The highest BCUT2D eigenvalue weighted by Gasteiger charge is 2.24. The van der Waals surface area contributed by atoms with Crippen LogP contribution in [0.4, 0.5) is 8.78 Å². The molecule has 4 heteroatoms. The van der Waals surface area contributed by atoms with Crippen molar-refractivity contribution in [1.29, 1.82) is 0 Å². The first-order valence-corrected chi connectivity index (χ1v) is 8.91. The van der Waals surface area contributed by atoms with E-state index in [1.165, 1.54) is 6.07 Å². The highest BCUT2D eigenvalue weighted by atomic mass is 19.1. The Morgan fingerprint density at radius 2 is 1.74 bits per heavy atom. The molecule has 0 atom stereocenters. The lowest BCUT2D eigenvalue weighted by atomic mass is 10.00. The smallest absolute Gasteiger partial charge is 0.224 e. The van der Waals surface area contributed by atoms with E-state index in [1.807, 2.05) is 41.9 Å². The Morgan fingerprint density at radius 3 is 2.59 bits per heavy atom. The maximum absolute atomic E-state index is 14.8. The van der Waals surface area contributed by atoms with Crippen molar-refractivity contribution in [2.45, 2.75) is 6.92 Å². The quantitative estimate of drug-likeness (QED) is 0.195. The predicted molar refractivity (Wildman–Crippen MR) is 104 cm³/mol. The maximum atomic E-state index is 14.8. The van der Waals surface area contributed by atoms with Crippen molar-refractivity contribution < 1.29 is 13.3 Å². The average Bonchev–Trinajstić information content (AvgIpc) is 2.98. The number of fused-ring (bicyclic) bond motifs is 5. The molecule has 0 spiro atoms. The van der Waals surface area contributed by atoms with Crippen LogP contribution < -0.4 is 4.57 Å². The van der Waals surface area contributed by atoms with Crippen molar-refractivity contribution in [3.63, 3.8) is 0 Å². The van der Waals surface area contributed by atoms with Gasteiger partial charge in [0.05, 0.1) is 27.3 Å². The zero-order chi connectivity index (χ0) is 18.4. The zero-order valence-corrected chi connectivity index (χ0v) is 14.8. The minimum Gasteiger partial charge on any atom is -0.307 e. The van der Waals surface area contributed by atoms with Gasteiger partial charge in [0.2, 0.25) is 5.52 Å². The standard InChI is InChI=1S/C23H15F2N2/c1-12-6-7-15-21-16(25)4-3-5-17(21)27-18-11-14(24)10-13-8-9-26(2)23(20(13)18)19(12)22(15)27/h3-11H,1-2H3/q+1. The fraction of sp³-hybridized carbons (Fsp3) is 0.0870. The topological polar surface area (TPSA) is 8.29 Å². The van der Waals surface area contributed by atoms with Gasteiger partial charge < -0.3 is 4.40 Å². The molecule has 0 radical (unpaired) electrons. The molecule has 27 heavy (non-hydrogen) atoms. The number of pyridine rings is 2. The van der Waals surface area contributed by atoms with Gasteiger partial charge in [-0.25, -0.2) is 13.3 Å². The number of nitrogens with zero attached hydrogens (tertiary/aromatic N) is 2. The van der Waals surface area contributed by atoms with Crippen LogP contribution in [0.15, 0.2) is 54.7 Å². The molecular formula is C23H15F2N2+. The summed E-state index contributed by atoms with van der Waals surface area (Å²) in [4.78, 5) is 0. The summed E-state index contributed by atoms with van der Waals surface area (Å²) in [5.74, 6) is -0.547. The van der Waals surface area contributed by atoms with Crippen LogP contribution in [-0.4, -0.2) is 4.40 Å². The molecule has 0 N–H and O–H groups in total. The Bertz CT molecular complexity index is 1560. The van der Waals surface area contributed by atoms with Crippen molar-refractivity contribution in [3.05, 3.63) is 71.9 Å². The number of halogens is 2. The van der Waals surface area contributed by atoms with E-state index < -0.39 is 0 Å². The van der Waals surface area contributed by atoms with Gasteiger partial charge in [-0.1, -0.05) is 18.2 Å². The fourth-order valence-electron chi connectivity index (χ4n) is 4.68. The number of hydrogen-bond donors (Lipinski definition) is 0. The molecule has 130 valence electrons. The van der Waals surface area contributed by atoms with Crippen LogP contribution >= 0.6 is 0 Å². The predicted octanol–water partition coefficient (Wildman–Crippen LogP) is 5.40. The number of benzene rings is 3. The highest BCUT2D eigenvalue weighted by Crippen LogP contribution is 2.41. The molecule has 3 heterocycles. The third-order valence-corrected chi connectivity index (χ3v) is 5.77. The maximum Gasteiger partial charge on any atom is 0.224 e. The van der Waals surface area contributed by atoms with Crippen LogP contribution in [0.25, 0.3) is 49.0 Å². The van der Waals surface area contributed by atoms with Gasteiger partial charge in [0, 0.05) is 16.8 Å². The van der Waals surface area contributed by atoms with Gasteiger partial charge in [0.1, 0.15) is 18.7 Å². The molecule has 0 saturated heterocycles. The van der Waals surface area contributed by atoms with Crippen molar-refractivity contribution in [1.82, 2.24) is 4.40 Å². The van der Waals surface area contributed by atoms with Gasteiger partial charge in [-0.05, 0) is 42.1 Å². The molecule has 0 aliphatic heterocycles. The molecule has 3 aromatic carbocycles. The normalized spacial score (nSPS) is 12.4. The monoisotopic (exact) mass is 357 g/mol. The first-order chi connectivity index (χ1) is 13.1. The molecule has 0 aliphatic rings. The number of aromatic nitrogens is 2. The van der Waals surface area contributed by atoms with E-state index in [4.69, 9.17) is 0 Å². The van der Waals surface area contributed by atoms with Gasteiger partial charge in [-0.15, -0.1) is 0 Å². The third-order valence-electron chi connectivity index (χ3n) is 5.77. The van der Waals surface area contributed by atoms with Crippen LogP contribution in [0.2, 0.25) is 0 Å². The Kier molecular flexibility index (Phi) is 2.59. The summed E-state index contributed by atoms with van der Waals surface area (Å²) < 4.78 is 33.4. The zero-order valence-electron chi connectivity index (χ0n) is 14.8. The van der Waals surface area contributed by atoms with Crippen molar-refractivity contribution in [2.24, 2.45) is 7.05 Å². The van der Waals surface area contributed by atoms with Crippen molar-refractivity contribution >= 4 is 49.0 Å². The second-order valence-corrected chi connectivity index (χ2v) is 7.29. The summed E-state index contributed by atoms with van der Waals surface area (Å²) in [6.07, 6.45) is 1.96. The first-order valence-electron chi connectivity index (χ1n) is 8.91. The van der Waals surface area contributed by atoms with Gasteiger partial charge in [0.25, 0.3) is 0 Å². The largest absolute Gasteiger partial charge is 0.307 e. The van der Waals surface area contributed by atoms with Crippen molar-refractivity contribution in [3.8, 4) is 0 Å².